The maximum Gasteiger partial charge on any atom is 0.319 e. The molecule has 0 saturated carbocycles. The first-order valence-electron chi connectivity index (χ1n) is 11.2. The first-order chi connectivity index (χ1) is 16.7. The Morgan fingerprint density at radius 2 is 1.80 bits per heavy atom. The molecule has 3 aromatic carbocycles. The molecule has 1 unspecified atom stereocenters. The largest absolute Gasteiger partial charge is 0.380 e. The number of sulfone groups is 1. The Balaban J connectivity index is 1.36. The molecular formula is C26H28ClN3O4S. The number of nitrogens with one attached hydrogen (secondary N) is 3. The molecule has 0 bridgehead atoms. The lowest BCUT2D eigenvalue weighted by atomic mass is 10.1. The van der Waals surface area contributed by atoms with Crippen molar-refractivity contribution in [2.45, 2.75) is 43.3 Å². The van der Waals surface area contributed by atoms with Crippen LogP contribution in [0.5, 0.6) is 0 Å². The number of ether oxygens (including phenoxy) is 1. The van der Waals surface area contributed by atoms with Crippen molar-refractivity contribution in [2.24, 2.45) is 0 Å². The van der Waals surface area contributed by atoms with Crippen molar-refractivity contribution < 1.29 is 17.9 Å². The van der Waals surface area contributed by atoms with E-state index in [0.29, 0.717) is 17.3 Å². The minimum atomic E-state index is -3.51. The Kier molecular flexibility index (Phi) is 7.76. The molecule has 0 spiro atoms. The molecular weight excluding hydrogens is 486 g/mol. The van der Waals surface area contributed by atoms with Crippen LogP contribution < -0.4 is 16.0 Å². The lowest BCUT2D eigenvalue weighted by Gasteiger charge is -2.16. The molecule has 0 aromatic heterocycles. The molecule has 184 valence electrons. The van der Waals surface area contributed by atoms with Gasteiger partial charge in [-0.05, 0) is 65.1 Å². The maximum atomic E-state index is 12.9. The summed E-state index contributed by atoms with van der Waals surface area (Å²) >= 11 is 6.29. The summed E-state index contributed by atoms with van der Waals surface area (Å²) in [6, 6.07) is 16.9. The number of hydrogen-bond donors (Lipinski definition) is 3. The van der Waals surface area contributed by atoms with Crippen LogP contribution in [-0.2, 0) is 40.0 Å². The molecule has 3 N–H and O–H groups in total. The Labute approximate surface area is 210 Å². The zero-order valence-electron chi connectivity index (χ0n) is 19.6. The Bertz CT molecular complexity index is 1330. The molecule has 1 heterocycles. The second-order valence-electron chi connectivity index (χ2n) is 8.59. The van der Waals surface area contributed by atoms with Gasteiger partial charge in [-0.15, -0.1) is 0 Å². The summed E-state index contributed by atoms with van der Waals surface area (Å²) < 4.78 is 30.9. The summed E-state index contributed by atoms with van der Waals surface area (Å²) in [6.07, 6.45) is 0. The summed E-state index contributed by atoms with van der Waals surface area (Å²) in [6.45, 7) is 3.85. The van der Waals surface area contributed by atoms with Crippen molar-refractivity contribution in [3.8, 4) is 0 Å². The topological polar surface area (TPSA) is 96.5 Å². The van der Waals surface area contributed by atoms with Crippen molar-refractivity contribution in [2.75, 3.05) is 12.4 Å². The number of benzene rings is 3. The van der Waals surface area contributed by atoms with E-state index in [2.05, 4.69) is 16.0 Å². The number of amides is 2. The zero-order chi connectivity index (χ0) is 25.0. The average molecular weight is 514 g/mol. The van der Waals surface area contributed by atoms with Crippen LogP contribution in [0.3, 0.4) is 0 Å². The summed E-state index contributed by atoms with van der Waals surface area (Å²) in [5, 5.41) is 9.44. The van der Waals surface area contributed by atoms with Crippen LogP contribution >= 0.6 is 11.6 Å². The van der Waals surface area contributed by atoms with Crippen LogP contribution in [0.1, 0.15) is 40.8 Å². The van der Waals surface area contributed by atoms with E-state index in [9.17, 15) is 13.2 Å². The fourth-order valence-electron chi connectivity index (χ4n) is 4.04. The van der Waals surface area contributed by atoms with Gasteiger partial charge in [0, 0.05) is 30.9 Å². The molecule has 9 heteroatoms. The van der Waals surface area contributed by atoms with Gasteiger partial charge in [0.2, 0.25) is 0 Å². The Hall–Kier alpha value is -2.91. The summed E-state index contributed by atoms with van der Waals surface area (Å²) in [4.78, 5) is 12.7. The van der Waals surface area contributed by atoms with E-state index >= 15 is 0 Å². The molecule has 0 radical (unpaired) electrons. The highest BCUT2D eigenvalue weighted by Gasteiger charge is 2.18. The molecule has 0 aliphatic carbocycles. The number of carbonyl (C=O) groups is 1. The fourth-order valence-corrected chi connectivity index (χ4v) is 5.62. The van der Waals surface area contributed by atoms with Gasteiger partial charge in [0.05, 0.1) is 23.3 Å². The average Bonchev–Trinajstić information content (AvgIpc) is 3.28. The second-order valence-corrected chi connectivity index (χ2v) is 11.0. The first-order valence-corrected chi connectivity index (χ1v) is 13.3. The van der Waals surface area contributed by atoms with Gasteiger partial charge < -0.3 is 20.7 Å². The number of urea groups is 1. The monoisotopic (exact) mass is 513 g/mol. The third-order valence-corrected chi connectivity index (χ3v) is 8.01. The van der Waals surface area contributed by atoms with E-state index in [1.165, 1.54) is 17.7 Å². The molecule has 35 heavy (non-hydrogen) atoms. The van der Waals surface area contributed by atoms with Gasteiger partial charge in [-0.1, -0.05) is 41.9 Å². The predicted molar refractivity (Wildman–Crippen MR) is 137 cm³/mol. The van der Waals surface area contributed by atoms with Crippen molar-refractivity contribution in [3.05, 3.63) is 93.5 Å². The van der Waals surface area contributed by atoms with Crippen LogP contribution in [0.15, 0.2) is 65.6 Å². The lowest BCUT2D eigenvalue weighted by Crippen LogP contribution is -2.31. The van der Waals surface area contributed by atoms with Crippen LogP contribution in [-0.4, -0.2) is 21.6 Å². The molecule has 1 atom stereocenters. The molecule has 0 saturated heterocycles. The number of methoxy groups -OCH3 is 1. The fraction of sp³-hybridized carbons (Fsp3) is 0.269. The van der Waals surface area contributed by atoms with E-state index in [0.717, 1.165) is 35.3 Å². The smallest absolute Gasteiger partial charge is 0.319 e. The molecule has 1 aliphatic rings. The van der Waals surface area contributed by atoms with Gasteiger partial charge in [0.25, 0.3) is 0 Å². The molecule has 1 aliphatic heterocycles. The number of hydrogen-bond acceptors (Lipinski definition) is 5. The highest BCUT2D eigenvalue weighted by molar-refractivity contribution is 7.90. The van der Waals surface area contributed by atoms with E-state index in [4.69, 9.17) is 16.3 Å². The first kappa shape index (κ1) is 25.2. The number of fused-ring (bicyclic) bond motifs is 1. The van der Waals surface area contributed by atoms with E-state index < -0.39 is 15.9 Å². The van der Waals surface area contributed by atoms with Gasteiger partial charge >= 0.3 is 6.03 Å². The maximum absolute atomic E-state index is 12.9. The van der Waals surface area contributed by atoms with E-state index in [1.807, 2.05) is 37.3 Å². The predicted octanol–water partition coefficient (Wildman–Crippen LogP) is 4.95. The minimum Gasteiger partial charge on any atom is -0.380 e. The third-order valence-electron chi connectivity index (χ3n) is 5.95. The van der Waals surface area contributed by atoms with Crippen molar-refractivity contribution in [1.82, 2.24) is 10.6 Å². The van der Waals surface area contributed by atoms with Crippen molar-refractivity contribution in [3.63, 3.8) is 0 Å². The molecule has 3 aromatic rings. The SMILES string of the molecule is COCc1ccc(C(C)NC(=O)Nc2ccc(S(=O)(=O)Cc3ccc4c(c3)CNC4)cc2)cc1Cl. The van der Waals surface area contributed by atoms with Gasteiger partial charge in [0.15, 0.2) is 9.84 Å². The third kappa shape index (κ3) is 6.21. The van der Waals surface area contributed by atoms with Crippen molar-refractivity contribution in [1.29, 1.82) is 0 Å². The van der Waals surface area contributed by atoms with Gasteiger partial charge in [-0.3, -0.25) is 0 Å². The van der Waals surface area contributed by atoms with Gasteiger partial charge in [-0.2, -0.15) is 0 Å². The molecule has 2 amide bonds. The zero-order valence-corrected chi connectivity index (χ0v) is 21.2. The Morgan fingerprint density at radius 3 is 2.51 bits per heavy atom. The number of halogens is 1. The summed E-state index contributed by atoms with van der Waals surface area (Å²) in [5.41, 5.74) is 5.33. The molecule has 7 nitrogen and oxygen atoms in total. The van der Waals surface area contributed by atoms with Crippen LogP contribution in [0.25, 0.3) is 0 Å². The van der Waals surface area contributed by atoms with Crippen molar-refractivity contribution >= 4 is 33.2 Å². The lowest BCUT2D eigenvalue weighted by molar-refractivity contribution is 0.185. The second kappa shape index (κ2) is 10.8. The highest BCUT2D eigenvalue weighted by atomic mass is 35.5. The normalized spacial score (nSPS) is 13.8. The Morgan fingerprint density at radius 1 is 1.06 bits per heavy atom. The molecule has 4 rings (SSSR count). The standard InChI is InChI=1S/C26H28ClN3O4S/c1-17(19-5-6-21(15-34-2)25(27)12-19)29-26(31)30-23-7-9-24(10-8-23)35(32,33)16-18-3-4-20-13-28-14-22(20)11-18/h3-12,17,28H,13-16H2,1-2H3,(H2,29,30,31). The van der Waals surface area contributed by atoms with Crippen LogP contribution in [0, 0.1) is 0 Å². The van der Waals surface area contributed by atoms with Gasteiger partial charge in [0.1, 0.15) is 0 Å². The summed E-state index contributed by atoms with van der Waals surface area (Å²) in [5.74, 6) is -0.0726. The highest BCUT2D eigenvalue weighted by Crippen LogP contribution is 2.24. The van der Waals surface area contributed by atoms with Crippen LogP contribution in [0.4, 0.5) is 10.5 Å². The number of rotatable bonds is 8. The van der Waals surface area contributed by atoms with E-state index in [1.54, 1.807) is 25.3 Å². The summed E-state index contributed by atoms with van der Waals surface area (Å²) in [7, 11) is -1.91. The quantitative estimate of drug-likeness (QED) is 0.396. The van der Waals surface area contributed by atoms with Crippen LogP contribution in [0.2, 0.25) is 5.02 Å². The van der Waals surface area contributed by atoms with Gasteiger partial charge in [-0.25, -0.2) is 13.2 Å². The minimum absolute atomic E-state index is 0.0726. The molecule has 0 fully saturated rings. The number of anilines is 1. The number of carbonyl (C=O) groups excluding carboxylic acids is 1. The van der Waals surface area contributed by atoms with E-state index in [-0.39, 0.29) is 16.7 Å².